The number of alkyl halides is 11. The molecule has 23 heavy (non-hydrogen) atoms. The van der Waals surface area contributed by atoms with E-state index in [1.165, 1.54) is 0 Å². The summed E-state index contributed by atoms with van der Waals surface area (Å²) in [7, 11) is 0. The first-order valence-electron chi connectivity index (χ1n) is 5.39. The zero-order valence-electron chi connectivity index (χ0n) is 10.8. The first-order valence-corrected chi connectivity index (χ1v) is 5.39. The first-order chi connectivity index (χ1) is 9.90. The Bertz CT molecular complexity index is 444. The lowest BCUT2D eigenvalue weighted by atomic mass is 9.84. The third-order valence-electron chi connectivity index (χ3n) is 2.84. The van der Waals surface area contributed by atoms with Gasteiger partial charge in [0.1, 0.15) is 0 Å². The summed E-state index contributed by atoms with van der Waals surface area (Å²) in [5.74, 6) is -23.9. The van der Waals surface area contributed by atoms with Crippen molar-refractivity contribution in [2.45, 2.75) is 36.5 Å². The molecule has 0 fully saturated rings. The van der Waals surface area contributed by atoms with Crippen LogP contribution in [0.25, 0.3) is 0 Å². The Morgan fingerprint density at radius 2 is 1.22 bits per heavy atom. The van der Waals surface area contributed by atoms with Gasteiger partial charge in [-0.3, -0.25) is 4.39 Å². The second-order valence-corrected chi connectivity index (χ2v) is 4.47. The smallest absolute Gasteiger partial charge is 0.251 e. The molecule has 0 spiro atoms. The lowest BCUT2D eigenvalue weighted by Crippen LogP contribution is -2.68. The fourth-order valence-corrected chi connectivity index (χ4v) is 1.34. The zero-order valence-corrected chi connectivity index (χ0v) is 10.8. The lowest BCUT2D eigenvalue weighted by molar-refractivity contribution is -0.384. The van der Waals surface area contributed by atoms with Crippen LogP contribution in [-0.4, -0.2) is 36.3 Å². The molecule has 0 heterocycles. The van der Waals surface area contributed by atoms with E-state index in [0.29, 0.717) is 0 Å². The van der Waals surface area contributed by atoms with Crippen molar-refractivity contribution in [1.29, 1.82) is 0 Å². The first kappa shape index (κ1) is 21.8. The van der Waals surface area contributed by atoms with E-state index in [0.717, 1.165) is 0 Å². The van der Waals surface area contributed by atoms with Crippen molar-refractivity contribution in [3.8, 4) is 0 Å². The minimum Gasteiger partial charge on any atom is -0.251 e. The van der Waals surface area contributed by atoms with Gasteiger partial charge in [-0.25, -0.2) is 4.39 Å². The molecule has 2 atom stereocenters. The zero-order chi connectivity index (χ0) is 19.1. The average molecular weight is 374 g/mol. The third kappa shape index (κ3) is 3.23. The van der Waals surface area contributed by atoms with Crippen LogP contribution in [0.4, 0.5) is 57.1 Å². The van der Waals surface area contributed by atoms with E-state index < -0.39 is 54.4 Å². The van der Waals surface area contributed by atoms with Gasteiger partial charge in [0.2, 0.25) is 0 Å². The van der Waals surface area contributed by atoms with E-state index in [1.807, 2.05) is 0 Å². The Balaban J connectivity index is 6.44. The largest absolute Gasteiger partial charge is 0.432 e. The number of hydrogen-bond donors (Lipinski definition) is 0. The Morgan fingerprint density at radius 3 is 1.48 bits per heavy atom. The summed E-state index contributed by atoms with van der Waals surface area (Å²) < 4.78 is 165. The Morgan fingerprint density at radius 1 is 0.826 bits per heavy atom. The topological polar surface area (TPSA) is 0 Å². The molecular weight excluding hydrogens is 367 g/mol. The van der Waals surface area contributed by atoms with Crippen molar-refractivity contribution in [3.63, 3.8) is 0 Å². The molecule has 13 heteroatoms. The highest BCUT2D eigenvalue weighted by Crippen LogP contribution is 2.58. The van der Waals surface area contributed by atoms with Gasteiger partial charge in [0.25, 0.3) is 11.7 Å². The normalized spacial score (nSPS) is 18.3. The van der Waals surface area contributed by atoms with Crippen molar-refractivity contribution >= 4 is 0 Å². The Hall–Kier alpha value is -1.17. The van der Waals surface area contributed by atoms with Gasteiger partial charge in [0.05, 0.1) is 12.6 Å². The summed E-state index contributed by atoms with van der Waals surface area (Å²) in [6, 6.07) is 0. The van der Waals surface area contributed by atoms with Crippen LogP contribution in [0, 0.1) is 5.92 Å². The molecule has 0 nitrogen and oxygen atoms in total. The maximum Gasteiger partial charge on any atom is 0.432 e. The molecule has 0 amide bonds. The molecule has 0 aromatic heterocycles. The fourth-order valence-electron chi connectivity index (χ4n) is 1.34. The lowest BCUT2D eigenvalue weighted by Gasteiger charge is -2.41. The predicted molar refractivity (Wildman–Crippen MR) is 50.2 cm³/mol. The molecule has 2 unspecified atom stereocenters. The molecule has 0 saturated carbocycles. The molecule has 0 aliphatic carbocycles. The third-order valence-corrected chi connectivity index (χ3v) is 2.84. The van der Waals surface area contributed by atoms with Gasteiger partial charge in [-0.05, 0) is 0 Å². The number of hydrogen-bond acceptors (Lipinski definition) is 0. The molecule has 0 rings (SSSR count). The fraction of sp³-hybridized carbons (Fsp3) is 0.800. The summed E-state index contributed by atoms with van der Waals surface area (Å²) >= 11 is 0. The highest BCUT2D eigenvalue weighted by Gasteiger charge is 2.85. The van der Waals surface area contributed by atoms with Gasteiger partial charge < -0.3 is 0 Å². The van der Waals surface area contributed by atoms with Crippen LogP contribution < -0.4 is 0 Å². The summed E-state index contributed by atoms with van der Waals surface area (Å²) in [6.07, 6.45) is -13.1. The number of halogens is 13. The SMILES string of the molecule is CC(CF)C(F)(F)C(F)(F)C(F)(F)C(F)(C=C(F)F)C(F)(F)F. The summed E-state index contributed by atoms with van der Waals surface area (Å²) in [5.41, 5.74) is -6.82. The predicted octanol–water partition coefficient (Wildman–Crippen LogP) is 5.55. The molecule has 0 N–H and O–H groups in total. The van der Waals surface area contributed by atoms with Gasteiger partial charge in [0, 0.05) is 6.08 Å². The molecule has 0 radical (unpaired) electrons. The van der Waals surface area contributed by atoms with E-state index in [9.17, 15) is 57.1 Å². The summed E-state index contributed by atoms with van der Waals surface area (Å²) in [4.78, 5) is 0. The Labute approximate surface area is 119 Å². The van der Waals surface area contributed by atoms with Crippen molar-refractivity contribution < 1.29 is 57.1 Å². The van der Waals surface area contributed by atoms with Crippen LogP contribution in [0.2, 0.25) is 0 Å². The van der Waals surface area contributed by atoms with Gasteiger partial charge in [-0.1, -0.05) is 6.92 Å². The van der Waals surface area contributed by atoms with Crippen LogP contribution >= 0.6 is 0 Å². The van der Waals surface area contributed by atoms with Crippen LogP contribution in [0.5, 0.6) is 0 Å². The minimum absolute atomic E-state index is 0.0664. The van der Waals surface area contributed by atoms with Gasteiger partial charge >= 0.3 is 23.9 Å². The summed E-state index contributed by atoms with van der Waals surface area (Å²) in [6.45, 7) is -2.44. The van der Waals surface area contributed by atoms with E-state index in [1.54, 1.807) is 0 Å². The minimum atomic E-state index is -7.37. The second-order valence-electron chi connectivity index (χ2n) is 4.47. The van der Waals surface area contributed by atoms with Crippen LogP contribution in [0.3, 0.4) is 0 Å². The molecule has 0 aliphatic heterocycles. The van der Waals surface area contributed by atoms with Crippen molar-refractivity contribution in [3.05, 3.63) is 12.2 Å². The van der Waals surface area contributed by atoms with E-state index in [-0.39, 0.29) is 6.92 Å². The van der Waals surface area contributed by atoms with Crippen LogP contribution in [0.1, 0.15) is 6.92 Å². The standard InChI is InChI=1S/C10H7F13/c1-4(3-11)7(15,16)9(19,20)8(17,18)6(14,2-5(12)13)10(21,22)23/h2,4H,3H2,1H3. The molecule has 0 aliphatic rings. The van der Waals surface area contributed by atoms with E-state index >= 15 is 0 Å². The molecule has 0 aromatic rings. The van der Waals surface area contributed by atoms with Gasteiger partial charge in [-0.15, -0.1) is 0 Å². The number of rotatable bonds is 6. The van der Waals surface area contributed by atoms with Crippen LogP contribution in [0.15, 0.2) is 12.2 Å². The van der Waals surface area contributed by atoms with Gasteiger partial charge in [-0.2, -0.15) is 48.3 Å². The van der Waals surface area contributed by atoms with Gasteiger partial charge in [0.15, 0.2) is 0 Å². The molecular formula is C10H7F13. The Kier molecular flexibility index (Phi) is 5.73. The highest BCUT2D eigenvalue weighted by molar-refractivity contribution is 5.20. The monoisotopic (exact) mass is 374 g/mol. The molecule has 0 saturated heterocycles. The van der Waals surface area contributed by atoms with E-state index in [2.05, 4.69) is 0 Å². The average Bonchev–Trinajstić information content (AvgIpc) is 2.34. The quantitative estimate of drug-likeness (QED) is 0.535. The molecule has 0 bridgehead atoms. The van der Waals surface area contributed by atoms with Crippen molar-refractivity contribution in [2.24, 2.45) is 5.92 Å². The molecule has 0 aromatic carbocycles. The maximum atomic E-state index is 13.4. The maximum absolute atomic E-state index is 13.4. The van der Waals surface area contributed by atoms with E-state index in [4.69, 9.17) is 0 Å². The van der Waals surface area contributed by atoms with Crippen molar-refractivity contribution in [2.75, 3.05) is 6.67 Å². The molecule has 138 valence electrons. The summed E-state index contributed by atoms with van der Waals surface area (Å²) in [5, 5.41) is 0. The van der Waals surface area contributed by atoms with Crippen LogP contribution in [-0.2, 0) is 0 Å². The number of allylic oxidation sites excluding steroid dienone is 1. The van der Waals surface area contributed by atoms with Crippen molar-refractivity contribution in [1.82, 2.24) is 0 Å². The highest BCUT2D eigenvalue weighted by atomic mass is 19.4. The second kappa shape index (κ2) is 6.04.